The average molecular weight is 165 g/mol. The topological polar surface area (TPSA) is 39.2 Å². The highest BCUT2D eigenvalue weighted by molar-refractivity contribution is 5.28. The molecule has 1 aliphatic carbocycles. The molecule has 66 valence electrons. The van der Waals surface area contributed by atoms with Gasteiger partial charge in [-0.05, 0) is 24.5 Å². The summed E-state index contributed by atoms with van der Waals surface area (Å²) in [4.78, 5) is 0. The van der Waals surface area contributed by atoms with Gasteiger partial charge < -0.3 is 10.2 Å². The lowest BCUT2D eigenvalue weighted by molar-refractivity contribution is 0.461. The van der Waals surface area contributed by atoms with Gasteiger partial charge in [0.25, 0.3) is 0 Å². The minimum absolute atomic E-state index is 0.226. The van der Waals surface area contributed by atoms with Crippen LogP contribution >= 0.6 is 0 Å². The molecular weight excluding hydrogens is 150 g/mol. The SMILES string of the molecule is Cc1ccc([C@@H]2[C@@H](N)C2(C)C)o1. The second kappa shape index (κ2) is 2.13. The third-order valence-corrected chi connectivity index (χ3v) is 2.98. The van der Waals surface area contributed by atoms with Crippen LogP contribution in [0.4, 0.5) is 0 Å². The van der Waals surface area contributed by atoms with Gasteiger partial charge in [-0.25, -0.2) is 0 Å². The quantitative estimate of drug-likeness (QED) is 0.691. The molecule has 0 amide bonds. The van der Waals surface area contributed by atoms with Crippen LogP contribution in [0.5, 0.6) is 0 Å². The lowest BCUT2D eigenvalue weighted by atomic mass is 10.1. The van der Waals surface area contributed by atoms with Crippen LogP contribution in [0.2, 0.25) is 0 Å². The molecule has 0 aromatic carbocycles. The van der Waals surface area contributed by atoms with Crippen LogP contribution in [-0.4, -0.2) is 6.04 Å². The molecule has 12 heavy (non-hydrogen) atoms. The van der Waals surface area contributed by atoms with Crippen molar-refractivity contribution in [1.82, 2.24) is 0 Å². The van der Waals surface area contributed by atoms with E-state index in [9.17, 15) is 0 Å². The maximum Gasteiger partial charge on any atom is 0.109 e. The standard InChI is InChI=1S/C10H15NO/c1-6-4-5-7(12-6)8-9(11)10(8,2)3/h4-5,8-9H,11H2,1-3H3/t8-,9-/m1/s1. The highest BCUT2D eigenvalue weighted by Crippen LogP contribution is 2.57. The molecule has 2 rings (SSSR count). The van der Waals surface area contributed by atoms with Crippen LogP contribution in [0.1, 0.15) is 31.3 Å². The Labute approximate surface area is 72.7 Å². The van der Waals surface area contributed by atoms with E-state index in [2.05, 4.69) is 13.8 Å². The molecule has 2 N–H and O–H groups in total. The first-order chi connectivity index (χ1) is 5.53. The maximum atomic E-state index is 5.93. The molecule has 1 saturated carbocycles. The summed E-state index contributed by atoms with van der Waals surface area (Å²) in [6.45, 7) is 6.32. The lowest BCUT2D eigenvalue weighted by Crippen LogP contribution is -2.06. The van der Waals surface area contributed by atoms with Crippen molar-refractivity contribution in [1.29, 1.82) is 0 Å². The summed E-state index contributed by atoms with van der Waals surface area (Å²) in [5.41, 5.74) is 6.15. The highest BCUT2D eigenvalue weighted by atomic mass is 16.3. The molecule has 1 aliphatic rings. The molecule has 0 spiro atoms. The Morgan fingerprint density at radius 3 is 2.33 bits per heavy atom. The first kappa shape index (κ1) is 7.87. The maximum absolute atomic E-state index is 5.93. The van der Waals surface area contributed by atoms with Gasteiger partial charge in [-0.15, -0.1) is 0 Å². The van der Waals surface area contributed by atoms with Crippen molar-refractivity contribution in [2.45, 2.75) is 32.7 Å². The fourth-order valence-corrected chi connectivity index (χ4v) is 1.84. The molecule has 1 aromatic heterocycles. The first-order valence-corrected chi connectivity index (χ1v) is 4.35. The Hall–Kier alpha value is -0.760. The predicted octanol–water partition coefficient (Wildman–Crippen LogP) is 2.04. The van der Waals surface area contributed by atoms with Crippen LogP contribution in [0.25, 0.3) is 0 Å². The minimum atomic E-state index is 0.226. The Morgan fingerprint density at radius 2 is 2.00 bits per heavy atom. The van der Waals surface area contributed by atoms with Crippen LogP contribution in [-0.2, 0) is 0 Å². The molecule has 2 heteroatoms. The second-order valence-corrected chi connectivity index (χ2v) is 4.27. The van der Waals surface area contributed by atoms with Gasteiger partial charge in [0.1, 0.15) is 11.5 Å². The van der Waals surface area contributed by atoms with Crippen molar-refractivity contribution in [3.05, 3.63) is 23.7 Å². The number of hydrogen-bond acceptors (Lipinski definition) is 2. The van der Waals surface area contributed by atoms with Crippen molar-refractivity contribution < 1.29 is 4.42 Å². The normalized spacial score (nSPS) is 32.0. The third kappa shape index (κ3) is 0.911. The summed E-state index contributed by atoms with van der Waals surface area (Å²) >= 11 is 0. The lowest BCUT2D eigenvalue weighted by Gasteiger charge is -1.97. The van der Waals surface area contributed by atoms with E-state index < -0.39 is 0 Å². The molecule has 0 saturated heterocycles. The van der Waals surface area contributed by atoms with E-state index in [1.165, 1.54) is 0 Å². The summed E-state index contributed by atoms with van der Waals surface area (Å²) < 4.78 is 5.53. The Balaban J connectivity index is 2.24. The molecule has 1 heterocycles. The van der Waals surface area contributed by atoms with Crippen molar-refractivity contribution in [2.75, 3.05) is 0 Å². The van der Waals surface area contributed by atoms with Crippen molar-refractivity contribution in [2.24, 2.45) is 11.1 Å². The van der Waals surface area contributed by atoms with Crippen molar-refractivity contribution in [3.63, 3.8) is 0 Å². The van der Waals surface area contributed by atoms with Gasteiger partial charge in [-0.1, -0.05) is 13.8 Å². The van der Waals surface area contributed by atoms with E-state index >= 15 is 0 Å². The Bertz CT molecular complexity index is 301. The van der Waals surface area contributed by atoms with Gasteiger partial charge >= 0.3 is 0 Å². The summed E-state index contributed by atoms with van der Waals surface area (Å²) in [5, 5.41) is 0. The van der Waals surface area contributed by atoms with Gasteiger partial charge in [0.2, 0.25) is 0 Å². The molecule has 0 unspecified atom stereocenters. The molecular formula is C10H15NO. The molecule has 2 nitrogen and oxygen atoms in total. The van der Waals surface area contributed by atoms with Gasteiger partial charge in [0.05, 0.1) is 0 Å². The van der Waals surface area contributed by atoms with E-state index in [-0.39, 0.29) is 11.5 Å². The molecule has 2 atom stereocenters. The smallest absolute Gasteiger partial charge is 0.109 e. The predicted molar refractivity (Wildman–Crippen MR) is 47.9 cm³/mol. The molecule has 1 fully saturated rings. The van der Waals surface area contributed by atoms with Crippen LogP contribution < -0.4 is 5.73 Å². The number of furan rings is 1. The number of rotatable bonds is 1. The number of hydrogen-bond donors (Lipinski definition) is 1. The third-order valence-electron chi connectivity index (χ3n) is 2.98. The van der Waals surface area contributed by atoms with Crippen LogP contribution in [0, 0.1) is 12.3 Å². The Morgan fingerprint density at radius 1 is 1.42 bits per heavy atom. The largest absolute Gasteiger partial charge is 0.466 e. The van der Waals surface area contributed by atoms with Crippen LogP contribution in [0.3, 0.4) is 0 Å². The highest BCUT2D eigenvalue weighted by Gasteiger charge is 2.57. The Kier molecular flexibility index (Phi) is 1.40. The monoisotopic (exact) mass is 165 g/mol. The zero-order chi connectivity index (χ0) is 8.93. The van der Waals surface area contributed by atoms with Crippen molar-refractivity contribution >= 4 is 0 Å². The van der Waals surface area contributed by atoms with E-state index in [4.69, 9.17) is 10.2 Å². The zero-order valence-corrected chi connectivity index (χ0v) is 7.79. The average Bonchev–Trinajstić information content (AvgIpc) is 2.38. The molecule has 0 bridgehead atoms. The molecule has 1 aromatic rings. The summed E-state index contributed by atoms with van der Waals surface area (Å²) in [7, 11) is 0. The first-order valence-electron chi connectivity index (χ1n) is 4.35. The molecule has 0 radical (unpaired) electrons. The van der Waals surface area contributed by atoms with E-state index in [0.29, 0.717) is 5.92 Å². The van der Waals surface area contributed by atoms with E-state index in [1.54, 1.807) is 0 Å². The van der Waals surface area contributed by atoms with E-state index in [0.717, 1.165) is 11.5 Å². The van der Waals surface area contributed by atoms with Gasteiger partial charge in [0.15, 0.2) is 0 Å². The summed E-state index contributed by atoms with van der Waals surface area (Å²) in [5.74, 6) is 2.44. The number of nitrogens with two attached hydrogens (primary N) is 1. The van der Waals surface area contributed by atoms with Crippen molar-refractivity contribution in [3.8, 4) is 0 Å². The number of aryl methyl sites for hydroxylation is 1. The minimum Gasteiger partial charge on any atom is -0.466 e. The van der Waals surface area contributed by atoms with Gasteiger partial charge in [-0.3, -0.25) is 0 Å². The molecule has 0 aliphatic heterocycles. The van der Waals surface area contributed by atoms with Gasteiger partial charge in [0, 0.05) is 12.0 Å². The summed E-state index contributed by atoms with van der Waals surface area (Å²) in [6, 6.07) is 4.30. The van der Waals surface area contributed by atoms with Gasteiger partial charge in [-0.2, -0.15) is 0 Å². The summed E-state index contributed by atoms with van der Waals surface area (Å²) in [6.07, 6.45) is 0. The zero-order valence-electron chi connectivity index (χ0n) is 7.79. The second-order valence-electron chi connectivity index (χ2n) is 4.27. The fourth-order valence-electron chi connectivity index (χ4n) is 1.84. The van der Waals surface area contributed by atoms with E-state index in [1.807, 2.05) is 19.1 Å². The van der Waals surface area contributed by atoms with Crippen LogP contribution in [0.15, 0.2) is 16.5 Å². The fraction of sp³-hybridized carbons (Fsp3) is 0.600.